The standard InChI is InChI=1S/C19H16F5NOS/c20-12-5-6-16(21)14(11-12)17-7-8-25(9-10-27-17)18(26)13-3-1-2-4-15(13)19(22,23)24/h1-6,11,17H,7-10H2/t17-/m1/s1. The van der Waals surface area contributed by atoms with Crippen molar-refractivity contribution in [2.24, 2.45) is 0 Å². The van der Waals surface area contributed by atoms with E-state index in [4.69, 9.17) is 0 Å². The third-order valence-corrected chi connectivity index (χ3v) is 5.71. The van der Waals surface area contributed by atoms with Crippen LogP contribution in [0.1, 0.15) is 33.2 Å². The summed E-state index contributed by atoms with van der Waals surface area (Å²) in [5, 5.41) is -0.364. The molecule has 1 saturated heterocycles. The predicted molar refractivity (Wildman–Crippen MR) is 93.5 cm³/mol. The van der Waals surface area contributed by atoms with Crippen LogP contribution in [0.2, 0.25) is 0 Å². The predicted octanol–water partition coefficient (Wildman–Crippen LogP) is 5.30. The first-order valence-corrected chi connectivity index (χ1v) is 9.34. The first-order chi connectivity index (χ1) is 12.8. The van der Waals surface area contributed by atoms with Gasteiger partial charge in [0, 0.05) is 29.7 Å². The molecule has 0 bridgehead atoms. The van der Waals surface area contributed by atoms with Gasteiger partial charge in [-0.3, -0.25) is 4.79 Å². The Hall–Kier alpha value is -2.09. The van der Waals surface area contributed by atoms with E-state index in [0.29, 0.717) is 12.2 Å². The molecule has 8 heteroatoms. The van der Waals surface area contributed by atoms with Crippen LogP contribution in [0.4, 0.5) is 22.0 Å². The van der Waals surface area contributed by atoms with E-state index in [-0.39, 0.29) is 23.9 Å². The van der Waals surface area contributed by atoms with Crippen molar-refractivity contribution in [3.05, 3.63) is 70.8 Å². The highest BCUT2D eigenvalue weighted by Crippen LogP contribution is 2.37. The minimum atomic E-state index is -4.62. The number of amides is 1. The molecule has 0 unspecified atom stereocenters. The molecule has 27 heavy (non-hydrogen) atoms. The van der Waals surface area contributed by atoms with Gasteiger partial charge < -0.3 is 4.90 Å². The average molecular weight is 401 g/mol. The van der Waals surface area contributed by atoms with Crippen molar-refractivity contribution in [3.8, 4) is 0 Å². The summed E-state index contributed by atoms with van der Waals surface area (Å²) < 4.78 is 67.0. The van der Waals surface area contributed by atoms with Gasteiger partial charge >= 0.3 is 6.18 Å². The minimum absolute atomic E-state index is 0.165. The van der Waals surface area contributed by atoms with Gasteiger partial charge in [0.05, 0.1) is 11.1 Å². The van der Waals surface area contributed by atoms with Crippen LogP contribution in [-0.2, 0) is 6.18 Å². The van der Waals surface area contributed by atoms with Crippen molar-refractivity contribution in [1.29, 1.82) is 0 Å². The van der Waals surface area contributed by atoms with E-state index in [0.717, 1.165) is 30.3 Å². The Morgan fingerprint density at radius 2 is 1.81 bits per heavy atom. The Labute approximate surface area is 157 Å². The summed E-state index contributed by atoms with van der Waals surface area (Å²) in [6.45, 7) is 0.405. The van der Waals surface area contributed by atoms with Crippen molar-refractivity contribution in [3.63, 3.8) is 0 Å². The second kappa shape index (κ2) is 7.88. The SMILES string of the molecule is O=C(c1ccccc1C(F)(F)F)N1CCS[C@@H](c2cc(F)ccc2F)CC1. The molecule has 0 aromatic heterocycles. The summed E-state index contributed by atoms with van der Waals surface area (Å²) in [6.07, 6.45) is -4.30. The molecule has 1 aliphatic heterocycles. The molecule has 0 radical (unpaired) electrons. The van der Waals surface area contributed by atoms with Gasteiger partial charge in [-0.15, -0.1) is 0 Å². The quantitative estimate of drug-likeness (QED) is 0.636. The Morgan fingerprint density at radius 3 is 2.56 bits per heavy atom. The van der Waals surface area contributed by atoms with Crippen LogP contribution in [0.15, 0.2) is 42.5 Å². The van der Waals surface area contributed by atoms with Gasteiger partial charge in [0.15, 0.2) is 0 Å². The van der Waals surface area contributed by atoms with Crippen LogP contribution < -0.4 is 0 Å². The third kappa shape index (κ3) is 4.43. The van der Waals surface area contributed by atoms with Gasteiger partial charge in [0.1, 0.15) is 11.6 Å². The summed E-state index contributed by atoms with van der Waals surface area (Å²) in [7, 11) is 0. The van der Waals surface area contributed by atoms with Crippen molar-refractivity contribution >= 4 is 17.7 Å². The Balaban J connectivity index is 1.79. The van der Waals surface area contributed by atoms with Crippen LogP contribution in [0.3, 0.4) is 0 Å². The van der Waals surface area contributed by atoms with Crippen LogP contribution in [0.25, 0.3) is 0 Å². The highest BCUT2D eigenvalue weighted by molar-refractivity contribution is 7.99. The highest BCUT2D eigenvalue weighted by atomic mass is 32.2. The zero-order valence-corrected chi connectivity index (χ0v) is 14.9. The number of hydrogen-bond donors (Lipinski definition) is 0. The van der Waals surface area contributed by atoms with E-state index in [2.05, 4.69) is 0 Å². The lowest BCUT2D eigenvalue weighted by Gasteiger charge is -2.22. The Bertz CT molecular complexity index is 839. The number of rotatable bonds is 2. The molecule has 0 aliphatic carbocycles. The average Bonchev–Trinajstić information content (AvgIpc) is 2.88. The highest BCUT2D eigenvalue weighted by Gasteiger charge is 2.36. The molecule has 0 N–H and O–H groups in total. The maximum absolute atomic E-state index is 14.0. The van der Waals surface area contributed by atoms with Gasteiger partial charge in [-0.1, -0.05) is 12.1 Å². The molecule has 0 saturated carbocycles. The van der Waals surface area contributed by atoms with Crippen molar-refractivity contribution in [1.82, 2.24) is 4.90 Å². The number of hydrogen-bond acceptors (Lipinski definition) is 2. The zero-order valence-electron chi connectivity index (χ0n) is 14.1. The van der Waals surface area contributed by atoms with Gasteiger partial charge in [-0.05, 0) is 36.8 Å². The second-order valence-electron chi connectivity index (χ2n) is 6.15. The van der Waals surface area contributed by atoms with Gasteiger partial charge in [-0.2, -0.15) is 24.9 Å². The molecule has 3 rings (SSSR count). The fourth-order valence-electron chi connectivity index (χ4n) is 3.07. The minimum Gasteiger partial charge on any atom is -0.338 e. The normalized spacial score (nSPS) is 18.3. The number of carbonyl (C=O) groups is 1. The van der Waals surface area contributed by atoms with E-state index in [1.807, 2.05) is 0 Å². The van der Waals surface area contributed by atoms with Crippen molar-refractivity contribution < 1.29 is 26.7 Å². The van der Waals surface area contributed by atoms with Gasteiger partial charge in [0.25, 0.3) is 5.91 Å². The molecule has 0 spiro atoms. The van der Waals surface area contributed by atoms with Crippen molar-refractivity contribution in [2.45, 2.75) is 17.8 Å². The number of thioether (sulfide) groups is 1. The Morgan fingerprint density at radius 1 is 1.07 bits per heavy atom. The molecular weight excluding hydrogens is 385 g/mol. The van der Waals surface area contributed by atoms with Gasteiger partial charge in [-0.25, -0.2) is 8.78 Å². The summed E-state index contributed by atoms with van der Waals surface area (Å²) in [6, 6.07) is 7.88. The number of nitrogens with zero attached hydrogens (tertiary/aromatic N) is 1. The van der Waals surface area contributed by atoms with E-state index in [9.17, 15) is 26.7 Å². The van der Waals surface area contributed by atoms with Crippen LogP contribution >= 0.6 is 11.8 Å². The summed E-state index contributed by atoms with van der Waals surface area (Å²) >= 11 is 1.36. The number of benzene rings is 2. The first kappa shape index (κ1) is 19.7. The molecule has 144 valence electrons. The molecule has 1 atom stereocenters. The lowest BCUT2D eigenvalue weighted by atomic mass is 10.0. The van der Waals surface area contributed by atoms with Crippen molar-refractivity contribution in [2.75, 3.05) is 18.8 Å². The molecule has 2 aromatic rings. The van der Waals surface area contributed by atoms with Gasteiger partial charge in [0.2, 0.25) is 0 Å². The summed E-state index contributed by atoms with van der Waals surface area (Å²) in [5.74, 6) is -1.37. The fraction of sp³-hybridized carbons (Fsp3) is 0.316. The van der Waals surface area contributed by atoms with Crippen LogP contribution in [0.5, 0.6) is 0 Å². The monoisotopic (exact) mass is 401 g/mol. The lowest BCUT2D eigenvalue weighted by molar-refractivity contribution is -0.138. The van der Waals surface area contributed by atoms with Crippen LogP contribution in [0, 0.1) is 11.6 Å². The van der Waals surface area contributed by atoms with E-state index in [1.165, 1.54) is 28.8 Å². The molecule has 1 amide bonds. The molecule has 2 aromatic carbocycles. The number of alkyl halides is 3. The first-order valence-electron chi connectivity index (χ1n) is 8.29. The topological polar surface area (TPSA) is 20.3 Å². The molecule has 1 aliphatic rings. The second-order valence-corrected chi connectivity index (χ2v) is 7.46. The number of halogens is 5. The molecule has 2 nitrogen and oxygen atoms in total. The van der Waals surface area contributed by atoms with E-state index < -0.39 is 34.8 Å². The zero-order chi connectivity index (χ0) is 19.6. The smallest absolute Gasteiger partial charge is 0.338 e. The summed E-state index contributed by atoms with van der Waals surface area (Å²) in [4.78, 5) is 14.0. The molecular formula is C19H16F5NOS. The molecule has 1 fully saturated rings. The Kier molecular flexibility index (Phi) is 5.74. The maximum Gasteiger partial charge on any atom is 0.417 e. The summed E-state index contributed by atoms with van der Waals surface area (Å²) in [5.41, 5.74) is -1.16. The molecule has 1 heterocycles. The van der Waals surface area contributed by atoms with E-state index in [1.54, 1.807) is 0 Å². The largest absolute Gasteiger partial charge is 0.417 e. The number of carbonyl (C=O) groups excluding carboxylic acids is 1. The fourth-order valence-corrected chi connectivity index (χ4v) is 4.31. The lowest BCUT2D eigenvalue weighted by Crippen LogP contribution is -2.34. The third-order valence-electron chi connectivity index (χ3n) is 4.40. The van der Waals surface area contributed by atoms with E-state index >= 15 is 0 Å². The maximum atomic E-state index is 14.0. The van der Waals surface area contributed by atoms with Crippen LogP contribution in [-0.4, -0.2) is 29.6 Å².